The topological polar surface area (TPSA) is 56.5 Å². The van der Waals surface area contributed by atoms with Gasteiger partial charge in [-0.25, -0.2) is 0 Å². The Morgan fingerprint density at radius 3 is 2.38 bits per heavy atom. The maximum absolute atomic E-state index is 6.00. The number of hydrogen-bond donors (Lipinski definition) is 2. The van der Waals surface area contributed by atoms with Crippen molar-refractivity contribution in [1.82, 2.24) is 5.32 Å². The molecule has 2 rings (SSSR count). The van der Waals surface area contributed by atoms with Gasteiger partial charge in [0.05, 0.1) is 14.2 Å². The highest BCUT2D eigenvalue weighted by Crippen LogP contribution is 2.36. The maximum Gasteiger partial charge on any atom is 0.161 e. The number of ether oxygens (including phenoxy) is 2. The van der Waals surface area contributed by atoms with Crippen LogP contribution in [0.2, 0.25) is 0 Å². The third-order valence-electron chi connectivity index (χ3n) is 4.16. The zero-order valence-electron chi connectivity index (χ0n) is 12.8. The van der Waals surface area contributed by atoms with E-state index in [1.165, 1.54) is 32.1 Å². The van der Waals surface area contributed by atoms with Crippen molar-refractivity contribution < 1.29 is 9.47 Å². The van der Waals surface area contributed by atoms with E-state index in [1.807, 2.05) is 12.1 Å². The predicted molar refractivity (Wildman–Crippen MR) is 89.1 cm³/mol. The number of benzene rings is 1. The van der Waals surface area contributed by atoms with Crippen molar-refractivity contribution in [1.29, 1.82) is 0 Å². The van der Waals surface area contributed by atoms with Crippen molar-refractivity contribution in [3.63, 3.8) is 0 Å². The van der Waals surface area contributed by atoms with Crippen LogP contribution in [-0.2, 0) is 0 Å². The lowest BCUT2D eigenvalue weighted by molar-refractivity contribution is 0.336. The average Bonchev–Trinajstić information content (AvgIpc) is 2.53. The fourth-order valence-electron chi connectivity index (χ4n) is 2.98. The molecular weight excluding hydrogens is 332 g/mol. The van der Waals surface area contributed by atoms with Gasteiger partial charge in [-0.05, 0) is 30.5 Å². The highest BCUT2D eigenvalue weighted by molar-refractivity contribution is 9.10. The van der Waals surface area contributed by atoms with Crippen LogP contribution in [0, 0.1) is 0 Å². The Balaban J connectivity index is 2.20. The molecule has 1 aliphatic rings. The lowest BCUT2D eigenvalue weighted by Crippen LogP contribution is -2.38. The molecule has 1 unspecified atom stereocenters. The van der Waals surface area contributed by atoms with E-state index in [4.69, 9.17) is 15.2 Å². The molecule has 1 saturated carbocycles. The largest absolute Gasteiger partial charge is 0.493 e. The van der Waals surface area contributed by atoms with E-state index < -0.39 is 0 Å². The molecule has 0 bridgehead atoms. The van der Waals surface area contributed by atoms with E-state index in [1.54, 1.807) is 14.2 Å². The molecule has 4 nitrogen and oxygen atoms in total. The van der Waals surface area contributed by atoms with Gasteiger partial charge in [-0.15, -0.1) is 0 Å². The highest BCUT2D eigenvalue weighted by Gasteiger charge is 2.21. The average molecular weight is 357 g/mol. The van der Waals surface area contributed by atoms with Gasteiger partial charge in [0, 0.05) is 23.1 Å². The van der Waals surface area contributed by atoms with Crippen LogP contribution in [0.1, 0.15) is 43.7 Å². The third kappa shape index (κ3) is 4.11. The van der Waals surface area contributed by atoms with Gasteiger partial charge in [-0.3, -0.25) is 0 Å². The summed E-state index contributed by atoms with van der Waals surface area (Å²) < 4.78 is 11.7. The molecular formula is C16H25BrN2O2. The van der Waals surface area contributed by atoms with E-state index in [0.717, 1.165) is 21.5 Å². The molecule has 118 valence electrons. The summed E-state index contributed by atoms with van der Waals surface area (Å²) in [6.45, 7) is 0.560. The molecule has 1 aliphatic carbocycles. The molecule has 3 N–H and O–H groups in total. The zero-order valence-corrected chi connectivity index (χ0v) is 14.4. The first-order valence-electron chi connectivity index (χ1n) is 7.57. The van der Waals surface area contributed by atoms with Crippen molar-refractivity contribution in [3.8, 4) is 11.5 Å². The summed E-state index contributed by atoms with van der Waals surface area (Å²) in [7, 11) is 3.30. The Morgan fingerprint density at radius 1 is 1.19 bits per heavy atom. The number of nitrogens with one attached hydrogen (secondary N) is 1. The second-order valence-corrected chi connectivity index (χ2v) is 6.37. The molecule has 21 heavy (non-hydrogen) atoms. The number of nitrogens with two attached hydrogens (primary N) is 1. The smallest absolute Gasteiger partial charge is 0.161 e. The number of rotatable bonds is 6. The molecule has 1 atom stereocenters. The number of hydrogen-bond acceptors (Lipinski definition) is 4. The summed E-state index contributed by atoms with van der Waals surface area (Å²) in [5, 5.41) is 3.70. The molecule has 0 radical (unpaired) electrons. The van der Waals surface area contributed by atoms with Crippen LogP contribution >= 0.6 is 15.9 Å². The van der Waals surface area contributed by atoms with Gasteiger partial charge in [0.2, 0.25) is 0 Å². The van der Waals surface area contributed by atoms with Gasteiger partial charge in [-0.2, -0.15) is 0 Å². The Labute approximate surface area is 135 Å². The lowest BCUT2D eigenvalue weighted by Gasteiger charge is -2.29. The zero-order chi connectivity index (χ0) is 15.2. The van der Waals surface area contributed by atoms with E-state index in [-0.39, 0.29) is 6.04 Å². The Morgan fingerprint density at radius 2 is 1.81 bits per heavy atom. The standard InChI is InChI=1S/C16H25BrN2O2/c1-20-15-8-12(13(17)9-16(15)21-2)14(10-18)19-11-6-4-3-5-7-11/h8-9,11,14,19H,3-7,10,18H2,1-2H3. The minimum absolute atomic E-state index is 0.127. The van der Waals surface area contributed by atoms with Crippen LogP contribution in [0.3, 0.4) is 0 Å². The Hall–Kier alpha value is -0.780. The molecule has 1 aromatic rings. The van der Waals surface area contributed by atoms with Crippen molar-refractivity contribution in [2.24, 2.45) is 5.73 Å². The predicted octanol–water partition coefficient (Wildman–Crippen LogP) is 3.39. The second-order valence-electron chi connectivity index (χ2n) is 5.52. The van der Waals surface area contributed by atoms with E-state index in [0.29, 0.717) is 12.6 Å². The van der Waals surface area contributed by atoms with Crippen LogP contribution in [0.4, 0.5) is 0 Å². The number of methoxy groups -OCH3 is 2. The molecule has 0 amide bonds. The van der Waals surface area contributed by atoms with Gasteiger partial charge in [0.1, 0.15) is 0 Å². The lowest BCUT2D eigenvalue weighted by atomic mass is 9.94. The molecule has 5 heteroatoms. The van der Waals surface area contributed by atoms with Crippen molar-refractivity contribution in [2.45, 2.75) is 44.2 Å². The van der Waals surface area contributed by atoms with Gasteiger partial charge in [0.25, 0.3) is 0 Å². The van der Waals surface area contributed by atoms with Crippen LogP contribution in [0.25, 0.3) is 0 Å². The quantitative estimate of drug-likeness (QED) is 0.820. The minimum atomic E-state index is 0.127. The van der Waals surface area contributed by atoms with Crippen molar-refractivity contribution in [2.75, 3.05) is 20.8 Å². The van der Waals surface area contributed by atoms with Crippen LogP contribution in [0.5, 0.6) is 11.5 Å². The van der Waals surface area contributed by atoms with Crippen molar-refractivity contribution >= 4 is 15.9 Å². The van der Waals surface area contributed by atoms with Gasteiger partial charge < -0.3 is 20.5 Å². The van der Waals surface area contributed by atoms with Gasteiger partial charge in [-0.1, -0.05) is 35.2 Å². The van der Waals surface area contributed by atoms with Crippen molar-refractivity contribution in [3.05, 3.63) is 22.2 Å². The molecule has 0 aliphatic heterocycles. The maximum atomic E-state index is 6.00. The third-order valence-corrected chi connectivity index (χ3v) is 4.84. The number of halogens is 1. The molecule has 0 saturated heterocycles. The fraction of sp³-hybridized carbons (Fsp3) is 0.625. The molecule has 0 spiro atoms. The van der Waals surface area contributed by atoms with Gasteiger partial charge in [0.15, 0.2) is 11.5 Å². The van der Waals surface area contributed by atoms with Crippen LogP contribution in [0.15, 0.2) is 16.6 Å². The Kier molecular flexibility index (Phi) is 6.33. The molecule has 1 fully saturated rings. The first-order chi connectivity index (χ1) is 10.2. The van der Waals surface area contributed by atoms with E-state index >= 15 is 0 Å². The minimum Gasteiger partial charge on any atom is -0.493 e. The summed E-state index contributed by atoms with van der Waals surface area (Å²) in [6.07, 6.45) is 6.44. The SMILES string of the molecule is COc1cc(Br)c(C(CN)NC2CCCCC2)cc1OC. The second kappa shape index (κ2) is 8.01. The summed E-state index contributed by atoms with van der Waals surface area (Å²) in [5.74, 6) is 1.46. The molecule has 0 heterocycles. The fourth-order valence-corrected chi connectivity index (χ4v) is 3.57. The first-order valence-corrected chi connectivity index (χ1v) is 8.36. The molecule has 0 aromatic heterocycles. The Bertz CT molecular complexity index is 462. The summed E-state index contributed by atoms with van der Waals surface area (Å²) in [5.41, 5.74) is 7.12. The monoisotopic (exact) mass is 356 g/mol. The van der Waals surface area contributed by atoms with Crippen LogP contribution < -0.4 is 20.5 Å². The van der Waals surface area contributed by atoms with Crippen LogP contribution in [-0.4, -0.2) is 26.8 Å². The normalized spacial score (nSPS) is 17.5. The van der Waals surface area contributed by atoms with E-state index in [2.05, 4.69) is 21.2 Å². The van der Waals surface area contributed by atoms with Gasteiger partial charge >= 0.3 is 0 Å². The summed E-state index contributed by atoms with van der Waals surface area (Å²) in [4.78, 5) is 0. The summed E-state index contributed by atoms with van der Waals surface area (Å²) >= 11 is 3.63. The first kappa shape index (κ1) is 16.6. The molecule has 1 aromatic carbocycles. The summed E-state index contributed by atoms with van der Waals surface area (Å²) in [6, 6.07) is 4.64. The highest BCUT2D eigenvalue weighted by atomic mass is 79.9. The van der Waals surface area contributed by atoms with E-state index in [9.17, 15) is 0 Å².